The molecule has 0 radical (unpaired) electrons. The first-order valence-corrected chi connectivity index (χ1v) is 7.19. The average Bonchev–Trinajstić information content (AvgIpc) is 2.51. The molecular weight excluding hydrogens is 286 g/mol. The molecule has 110 valence electrons. The van der Waals surface area contributed by atoms with Crippen LogP contribution in [-0.4, -0.2) is 13.0 Å². The maximum atomic E-state index is 11.9. The van der Waals surface area contributed by atoms with E-state index in [-0.39, 0.29) is 5.91 Å². The van der Waals surface area contributed by atoms with Gasteiger partial charge < -0.3 is 10.1 Å². The van der Waals surface area contributed by atoms with Crippen LogP contribution in [0.3, 0.4) is 0 Å². The molecule has 0 aliphatic carbocycles. The van der Waals surface area contributed by atoms with Crippen LogP contribution in [0.4, 0.5) is 0 Å². The molecule has 0 aromatic heterocycles. The summed E-state index contributed by atoms with van der Waals surface area (Å²) in [4.78, 5) is 11.9. The van der Waals surface area contributed by atoms with Gasteiger partial charge in [0.25, 0.3) is 0 Å². The lowest BCUT2D eigenvalue weighted by atomic mass is 10.1. The molecule has 0 heterocycles. The molecule has 0 saturated carbocycles. The van der Waals surface area contributed by atoms with Crippen LogP contribution in [0.2, 0.25) is 5.02 Å². The number of rotatable bonds is 6. The highest BCUT2D eigenvalue weighted by Crippen LogP contribution is 2.14. The van der Waals surface area contributed by atoms with Gasteiger partial charge >= 0.3 is 0 Å². The normalized spacial score (nSPS) is 10.2. The monoisotopic (exact) mass is 303 g/mol. The number of methoxy groups -OCH3 is 1. The summed E-state index contributed by atoms with van der Waals surface area (Å²) in [6.45, 7) is 0.498. The Labute approximate surface area is 129 Å². The molecule has 2 rings (SSSR count). The summed E-state index contributed by atoms with van der Waals surface area (Å²) in [5, 5.41) is 3.58. The molecule has 1 N–H and O–H groups in total. The summed E-state index contributed by atoms with van der Waals surface area (Å²) in [7, 11) is 1.64. The van der Waals surface area contributed by atoms with Crippen LogP contribution in [-0.2, 0) is 17.8 Å². The van der Waals surface area contributed by atoms with E-state index in [0.717, 1.165) is 16.9 Å². The molecule has 1 amide bonds. The first kappa shape index (κ1) is 15.4. The van der Waals surface area contributed by atoms with Crippen LogP contribution >= 0.6 is 11.6 Å². The van der Waals surface area contributed by atoms with Gasteiger partial charge in [0.1, 0.15) is 5.75 Å². The molecule has 2 aromatic rings. The van der Waals surface area contributed by atoms with Crippen molar-refractivity contribution in [2.45, 2.75) is 19.4 Å². The Bertz CT molecular complexity index is 613. The molecule has 0 bridgehead atoms. The van der Waals surface area contributed by atoms with E-state index in [9.17, 15) is 4.79 Å². The fraction of sp³-hybridized carbons (Fsp3) is 0.235. The minimum absolute atomic E-state index is 0.0257. The molecule has 21 heavy (non-hydrogen) atoms. The molecule has 4 heteroatoms. The van der Waals surface area contributed by atoms with E-state index in [1.165, 1.54) is 0 Å². The van der Waals surface area contributed by atoms with E-state index in [1.807, 2.05) is 48.5 Å². The van der Waals surface area contributed by atoms with Gasteiger partial charge in [-0.25, -0.2) is 0 Å². The van der Waals surface area contributed by atoms with E-state index in [4.69, 9.17) is 16.3 Å². The third-order valence-electron chi connectivity index (χ3n) is 3.15. The zero-order chi connectivity index (χ0) is 15.1. The second-order valence-corrected chi connectivity index (χ2v) is 5.19. The number of halogens is 1. The van der Waals surface area contributed by atoms with Gasteiger partial charge in [0, 0.05) is 18.0 Å². The minimum Gasteiger partial charge on any atom is -0.497 e. The van der Waals surface area contributed by atoms with Gasteiger partial charge in [0.15, 0.2) is 0 Å². The lowest BCUT2D eigenvalue weighted by Crippen LogP contribution is -2.22. The van der Waals surface area contributed by atoms with E-state index in [1.54, 1.807) is 7.11 Å². The van der Waals surface area contributed by atoms with Gasteiger partial charge in [-0.15, -0.1) is 0 Å². The van der Waals surface area contributed by atoms with E-state index < -0.39 is 0 Å². The van der Waals surface area contributed by atoms with Crippen molar-refractivity contribution in [3.8, 4) is 5.75 Å². The minimum atomic E-state index is 0.0257. The molecule has 3 nitrogen and oxygen atoms in total. The Kier molecular flexibility index (Phi) is 5.64. The lowest BCUT2D eigenvalue weighted by molar-refractivity contribution is -0.121. The van der Waals surface area contributed by atoms with Crippen molar-refractivity contribution in [3.63, 3.8) is 0 Å². The Hall–Kier alpha value is -2.00. The second-order valence-electron chi connectivity index (χ2n) is 4.76. The molecule has 0 atom stereocenters. The maximum absolute atomic E-state index is 11.9. The number of hydrogen-bond acceptors (Lipinski definition) is 2. The van der Waals surface area contributed by atoms with Crippen molar-refractivity contribution in [2.75, 3.05) is 7.11 Å². The number of benzene rings is 2. The first-order valence-electron chi connectivity index (χ1n) is 6.81. The number of aryl methyl sites for hydroxylation is 1. The van der Waals surface area contributed by atoms with Crippen molar-refractivity contribution in [2.24, 2.45) is 0 Å². The highest BCUT2D eigenvalue weighted by Gasteiger charge is 2.03. The molecule has 0 fully saturated rings. The van der Waals surface area contributed by atoms with Crippen molar-refractivity contribution in [3.05, 3.63) is 64.7 Å². The molecule has 0 spiro atoms. The quantitative estimate of drug-likeness (QED) is 0.885. The van der Waals surface area contributed by atoms with Crippen LogP contribution in [0.15, 0.2) is 48.5 Å². The van der Waals surface area contributed by atoms with Gasteiger partial charge in [-0.05, 0) is 41.8 Å². The number of hydrogen-bond donors (Lipinski definition) is 1. The number of ether oxygens (including phenoxy) is 1. The fourth-order valence-corrected chi connectivity index (χ4v) is 2.23. The Balaban J connectivity index is 1.79. The SMILES string of the molecule is COc1cccc(CCC(=O)NCc2cccc(Cl)c2)c1. The average molecular weight is 304 g/mol. The van der Waals surface area contributed by atoms with Crippen LogP contribution in [0, 0.1) is 0 Å². The molecular formula is C17H18ClNO2. The summed E-state index contributed by atoms with van der Waals surface area (Å²) in [5.74, 6) is 0.838. The third kappa shape index (κ3) is 5.12. The second kappa shape index (κ2) is 7.70. The number of carbonyl (C=O) groups excluding carboxylic acids is 1. The highest BCUT2D eigenvalue weighted by atomic mass is 35.5. The van der Waals surface area contributed by atoms with Gasteiger partial charge in [-0.2, -0.15) is 0 Å². The zero-order valence-electron chi connectivity index (χ0n) is 11.9. The van der Waals surface area contributed by atoms with Crippen molar-refractivity contribution in [1.82, 2.24) is 5.32 Å². The van der Waals surface area contributed by atoms with E-state index >= 15 is 0 Å². The van der Waals surface area contributed by atoms with Crippen LogP contribution in [0.1, 0.15) is 17.5 Å². The van der Waals surface area contributed by atoms with E-state index in [2.05, 4.69) is 5.32 Å². The summed E-state index contributed by atoms with van der Waals surface area (Å²) in [5.41, 5.74) is 2.09. The molecule has 2 aromatic carbocycles. The zero-order valence-corrected chi connectivity index (χ0v) is 12.7. The maximum Gasteiger partial charge on any atom is 0.220 e. The summed E-state index contributed by atoms with van der Waals surface area (Å²) in [6, 6.07) is 15.2. The summed E-state index contributed by atoms with van der Waals surface area (Å²) >= 11 is 5.91. The standard InChI is InChI=1S/C17H18ClNO2/c1-21-16-7-3-4-13(11-16)8-9-17(20)19-12-14-5-2-6-15(18)10-14/h2-7,10-11H,8-9,12H2,1H3,(H,19,20). The van der Waals surface area contributed by atoms with Gasteiger partial charge in [0.05, 0.1) is 7.11 Å². The summed E-state index contributed by atoms with van der Waals surface area (Å²) < 4.78 is 5.17. The predicted octanol–water partition coefficient (Wildman–Crippen LogP) is 3.60. The van der Waals surface area contributed by atoms with Crippen LogP contribution in [0.25, 0.3) is 0 Å². The molecule has 0 aliphatic heterocycles. The van der Waals surface area contributed by atoms with Gasteiger partial charge in [-0.3, -0.25) is 4.79 Å². The fourth-order valence-electron chi connectivity index (χ4n) is 2.02. The molecule has 0 unspecified atom stereocenters. The predicted molar refractivity (Wildman–Crippen MR) is 84.6 cm³/mol. The van der Waals surface area contributed by atoms with E-state index in [0.29, 0.717) is 24.4 Å². The smallest absolute Gasteiger partial charge is 0.220 e. The lowest BCUT2D eigenvalue weighted by Gasteiger charge is -2.07. The Morgan fingerprint density at radius 2 is 1.90 bits per heavy atom. The van der Waals surface area contributed by atoms with Gasteiger partial charge in [-0.1, -0.05) is 35.9 Å². The van der Waals surface area contributed by atoms with Gasteiger partial charge in [0.2, 0.25) is 5.91 Å². The van der Waals surface area contributed by atoms with Crippen molar-refractivity contribution >= 4 is 17.5 Å². The molecule has 0 saturated heterocycles. The Morgan fingerprint density at radius 3 is 2.67 bits per heavy atom. The van der Waals surface area contributed by atoms with Crippen LogP contribution in [0.5, 0.6) is 5.75 Å². The Morgan fingerprint density at radius 1 is 1.14 bits per heavy atom. The summed E-state index contributed by atoms with van der Waals surface area (Å²) in [6.07, 6.45) is 1.15. The largest absolute Gasteiger partial charge is 0.497 e. The number of nitrogens with one attached hydrogen (secondary N) is 1. The first-order chi connectivity index (χ1) is 10.2. The van der Waals surface area contributed by atoms with Crippen molar-refractivity contribution in [1.29, 1.82) is 0 Å². The topological polar surface area (TPSA) is 38.3 Å². The molecule has 0 aliphatic rings. The van der Waals surface area contributed by atoms with Crippen molar-refractivity contribution < 1.29 is 9.53 Å². The third-order valence-corrected chi connectivity index (χ3v) is 3.39. The van der Waals surface area contributed by atoms with Crippen LogP contribution < -0.4 is 10.1 Å². The number of amides is 1. The number of carbonyl (C=O) groups is 1. The highest BCUT2D eigenvalue weighted by molar-refractivity contribution is 6.30.